The molecule has 5 atom stereocenters. The summed E-state index contributed by atoms with van der Waals surface area (Å²) in [5.74, 6) is 0.287. The molecule has 7 rings (SSSR count). The molecule has 1 saturated carbocycles. The van der Waals surface area contributed by atoms with E-state index in [1.807, 2.05) is 31.2 Å². The van der Waals surface area contributed by atoms with Crippen LogP contribution in [0, 0.1) is 17.8 Å². The quantitative estimate of drug-likeness (QED) is 0.154. The number of aliphatic imine (C=N–C) groups is 1. The Morgan fingerprint density at radius 3 is 2.78 bits per heavy atom. The van der Waals surface area contributed by atoms with Crippen molar-refractivity contribution in [3.05, 3.63) is 93.8 Å². The monoisotopic (exact) mass is 730 g/mol. The molecule has 0 N–H and O–H groups in total. The smallest absolute Gasteiger partial charge is 0.285 e. The zero-order valence-electron chi connectivity index (χ0n) is 29.5. The van der Waals surface area contributed by atoms with Crippen molar-refractivity contribution in [1.29, 1.82) is 0 Å². The summed E-state index contributed by atoms with van der Waals surface area (Å²) in [7, 11) is -1.60. The molecule has 3 aliphatic heterocycles. The second-order valence-corrected chi connectivity index (χ2v) is 17.1. The van der Waals surface area contributed by atoms with E-state index < -0.39 is 21.5 Å². The van der Waals surface area contributed by atoms with Gasteiger partial charge in [-0.05, 0) is 117 Å². The number of aryl methyl sites for hydroxylation is 3. The third-order valence-corrected chi connectivity index (χ3v) is 13.0. The van der Waals surface area contributed by atoms with Crippen LogP contribution in [0.25, 0.3) is 0 Å². The van der Waals surface area contributed by atoms with Crippen LogP contribution in [0.3, 0.4) is 0 Å². The number of nitrogens with zero attached hydrogens (tertiary/aromatic N) is 4. The Balaban J connectivity index is 1.30. The number of methoxy groups -OCH3 is 1. The van der Waals surface area contributed by atoms with Gasteiger partial charge in [0.25, 0.3) is 11.8 Å². The van der Waals surface area contributed by atoms with E-state index in [0.717, 1.165) is 80.0 Å². The van der Waals surface area contributed by atoms with Crippen LogP contribution >= 0.6 is 11.6 Å². The number of allylic oxidation sites excluding steroid dienone is 1. The fraction of sp³-hybridized carbons (Fsp3) is 0.475. The summed E-state index contributed by atoms with van der Waals surface area (Å²) in [6.07, 6.45) is 13.4. The highest BCUT2D eigenvalue weighted by Crippen LogP contribution is 2.42. The van der Waals surface area contributed by atoms with E-state index in [1.165, 1.54) is 11.1 Å². The lowest BCUT2D eigenvalue weighted by molar-refractivity contribution is 0.0133. The SMILES string of the molecule is CO[C@H]1/C=C/C[C@H](C)CS(=O)(/C=N\C(=O)c2cc3n(c2)CCC3)=NC(=O)c2ccc3c(c2)N(Cc2ccc(Cl)cc2CCCCO3)C[C@@H]2CC[C@H]21. The molecule has 1 fully saturated rings. The van der Waals surface area contributed by atoms with E-state index in [0.29, 0.717) is 48.3 Å². The molecule has 0 spiro atoms. The molecule has 270 valence electrons. The topological polar surface area (TPSA) is 103 Å². The van der Waals surface area contributed by atoms with Gasteiger partial charge in [0.05, 0.1) is 33.7 Å². The molecule has 0 radical (unpaired) electrons. The Labute approximate surface area is 306 Å². The molecular weight excluding hydrogens is 684 g/mol. The van der Waals surface area contributed by atoms with Crippen molar-refractivity contribution in [2.24, 2.45) is 27.1 Å². The third-order valence-electron chi connectivity index (χ3n) is 10.8. The fourth-order valence-electron chi connectivity index (χ4n) is 7.93. The number of halogens is 1. The van der Waals surface area contributed by atoms with Gasteiger partial charge in [0.1, 0.15) is 11.3 Å². The van der Waals surface area contributed by atoms with Crippen molar-refractivity contribution in [3.63, 3.8) is 0 Å². The van der Waals surface area contributed by atoms with Gasteiger partial charge in [-0.3, -0.25) is 9.59 Å². The van der Waals surface area contributed by atoms with E-state index in [4.69, 9.17) is 21.1 Å². The van der Waals surface area contributed by atoms with Crippen molar-refractivity contribution in [3.8, 4) is 5.75 Å². The molecule has 51 heavy (non-hydrogen) atoms. The van der Waals surface area contributed by atoms with Gasteiger partial charge in [0.15, 0.2) is 0 Å². The molecule has 3 aromatic rings. The van der Waals surface area contributed by atoms with E-state index in [9.17, 15) is 13.8 Å². The molecule has 4 heterocycles. The minimum Gasteiger partial charge on any atom is -0.491 e. The summed E-state index contributed by atoms with van der Waals surface area (Å²) in [6.45, 7) is 4.75. The van der Waals surface area contributed by atoms with Gasteiger partial charge in [-0.25, -0.2) is 9.20 Å². The van der Waals surface area contributed by atoms with Crippen molar-refractivity contribution < 1.29 is 23.3 Å². The summed E-state index contributed by atoms with van der Waals surface area (Å²) in [6, 6.07) is 13.3. The number of hydrogen-bond donors (Lipinski definition) is 0. The molecular formula is C40H47ClN4O5S. The highest BCUT2D eigenvalue weighted by molar-refractivity contribution is 8.06. The number of amides is 2. The van der Waals surface area contributed by atoms with Crippen LogP contribution in [-0.4, -0.2) is 58.3 Å². The Kier molecular flexibility index (Phi) is 10.8. The number of hydrogen-bond acceptors (Lipinski definition) is 6. The Morgan fingerprint density at radius 1 is 1.10 bits per heavy atom. The lowest BCUT2D eigenvalue weighted by atomic mass is 9.70. The van der Waals surface area contributed by atoms with Gasteiger partial charge < -0.3 is 18.9 Å². The molecule has 1 aliphatic carbocycles. The van der Waals surface area contributed by atoms with E-state index in [2.05, 4.69) is 43.1 Å². The van der Waals surface area contributed by atoms with E-state index in [-0.39, 0.29) is 17.8 Å². The highest BCUT2D eigenvalue weighted by Gasteiger charge is 2.38. The first-order chi connectivity index (χ1) is 24.7. The largest absolute Gasteiger partial charge is 0.491 e. The predicted molar refractivity (Wildman–Crippen MR) is 203 cm³/mol. The summed E-state index contributed by atoms with van der Waals surface area (Å²) in [5.41, 5.74) is 6.18. The van der Waals surface area contributed by atoms with Crippen LogP contribution in [0.15, 0.2) is 70.2 Å². The number of carbonyl (C=O) groups excluding carboxylic acids is 2. The molecule has 0 saturated heterocycles. The van der Waals surface area contributed by atoms with Crippen LogP contribution in [0.2, 0.25) is 5.02 Å². The number of fused-ring (bicyclic) bond motifs is 4. The first-order valence-electron chi connectivity index (χ1n) is 18.2. The summed E-state index contributed by atoms with van der Waals surface area (Å²) in [4.78, 5) is 33.6. The highest BCUT2D eigenvalue weighted by atomic mass is 35.5. The van der Waals surface area contributed by atoms with Crippen molar-refractivity contribution in [2.45, 2.75) is 77.5 Å². The molecule has 1 unspecified atom stereocenters. The maximum absolute atomic E-state index is 14.5. The molecule has 9 nitrogen and oxygen atoms in total. The Bertz CT molecular complexity index is 1960. The first-order valence-corrected chi connectivity index (χ1v) is 20.4. The zero-order chi connectivity index (χ0) is 35.5. The second-order valence-electron chi connectivity index (χ2n) is 14.6. The van der Waals surface area contributed by atoms with Crippen LogP contribution in [0.1, 0.15) is 83.0 Å². The number of anilines is 1. The van der Waals surface area contributed by atoms with E-state index >= 15 is 0 Å². The van der Waals surface area contributed by atoms with Crippen molar-refractivity contribution in [2.75, 3.05) is 30.9 Å². The molecule has 2 amide bonds. The van der Waals surface area contributed by atoms with Gasteiger partial charge in [0, 0.05) is 55.0 Å². The number of benzene rings is 2. The zero-order valence-corrected chi connectivity index (χ0v) is 31.0. The van der Waals surface area contributed by atoms with Gasteiger partial charge in [-0.15, -0.1) is 0 Å². The molecule has 11 heteroatoms. The van der Waals surface area contributed by atoms with Crippen LogP contribution in [0.5, 0.6) is 5.75 Å². The number of carbonyl (C=O) groups is 2. The Hall–Kier alpha value is -3.73. The summed E-state index contributed by atoms with van der Waals surface area (Å²) < 4.78 is 33.4. The van der Waals surface area contributed by atoms with Gasteiger partial charge in [-0.1, -0.05) is 36.7 Å². The van der Waals surface area contributed by atoms with Gasteiger partial charge in [0.2, 0.25) is 0 Å². The van der Waals surface area contributed by atoms with E-state index in [1.54, 1.807) is 19.4 Å². The standard InChI is InChI=1S/C40H47ClN4O5S/c1-27-7-5-10-37(49-2)35-15-12-31(35)23-45-22-30-11-14-33(41)19-28(30)8-3-4-18-50-38-16-13-29(21-36(38)45)40(47)43-51(48,25-27)26-42-39(46)32-20-34-9-6-17-44(34)24-32/h5,10-11,13-14,16,19-21,24,26-27,31,35,37H,3-4,6-9,12,15,17-18,22-23,25H2,1-2H3/b10-5+,42-26-/t27-,31-,35+,37-,51?/m0/s1. The number of aromatic nitrogens is 1. The van der Waals surface area contributed by atoms with Crippen molar-refractivity contribution in [1.82, 2.24) is 4.57 Å². The molecule has 2 aromatic carbocycles. The average Bonchev–Trinajstić information content (AvgIpc) is 3.71. The Morgan fingerprint density at radius 2 is 1.98 bits per heavy atom. The lowest BCUT2D eigenvalue weighted by Gasteiger charge is -2.43. The molecule has 4 aliphatic rings. The average molecular weight is 731 g/mol. The maximum Gasteiger partial charge on any atom is 0.285 e. The number of rotatable bonds is 3. The summed E-state index contributed by atoms with van der Waals surface area (Å²) in [5, 5.41) is 0.719. The minimum absolute atomic E-state index is 0.0558. The second kappa shape index (κ2) is 15.5. The van der Waals surface area contributed by atoms with Gasteiger partial charge in [-0.2, -0.15) is 4.36 Å². The predicted octanol–water partition coefficient (Wildman–Crippen LogP) is 7.92. The van der Waals surface area contributed by atoms with Crippen LogP contribution < -0.4 is 9.64 Å². The lowest BCUT2D eigenvalue weighted by Crippen LogP contribution is -2.43. The normalized spacial score (nSPS) is 27.6. The maximum atomic E-state index is 14.5. The third kappa shape index (κ3) is 8.18. The first kappa shape index (κ1) is 35.7. The summed E-state index contributed by atoms with van der Waals surface area (Å²) >= 11 is 6.47. The minimum atomic E-state index is -3.36. The molecule has 2 bridgehead atoms. The van der Waals surface area contributed by atoms with Crippen LogP contribution in [-0.2, 0) is 40.4 Å². The molecule has 1 aromatic heterocycles. The fourth-order valence-corrected chi connectivity index (χ4v) is 9.93. The van der Waals surface area contributed by atoms with Gasteiger partial charge >= 0.3 is 0 Å². The van der Waals surface area contributed by atoms with Crippen molar-refractivity contribution >= 4 is 44.4 Å². The van der Waals surface area contributed by atoms with Crippen LogP contribution in [0.4, 0.5) is 5.69 Å². The number of ether oxygens (including phenoxy) is 2.